The van der Waals surface area contributed by atoms with Crippen molar-refractivity contribution in [2.24, 2.45) is 0 Å². The second-order valence-electron chi connectivity index (χ2n) is 4.09. The average Bonchev–Trinajstić information content (AvgIpc) is 2.76. The number of hydrogen-bond donors (Lipinski definition) is 2. The topological polar surface area (TPSA) is 88.0 Å². The summed E-state index contributed by atoms with van der Waals surface area (Å²) in [6, 6.07) is 6.86. The summed E-state index contributed by atoms with van der Waals surface area (Å²) in [6.45, 7) is 1.83. The minimum absolute atomic E-state index is 0.160. The van der Waals surface area contributed by atoms with Crippen LogP contribution in [0, 0.1) is 0 Å². The van der Waals surface area contributed by atoms with Crippen molar-refractivity contribution in [1.29, 1.82) is 0 Å². The fourth-order valence-corrected chi connectivity index (χ4v) is 2.72. The molecule has 0 saturated heterocycles. The predicted octanol–water partition coefficient (Wildman–Crippen LogP) is 2.01. The van der Waals surface area contributed by atoms with Crippen molar-refractivity contribution in [3.63, 3.8) is 0 Å². The van der Waals surface area contributed by atoms with Crippen LogP contribution in [0.15, 0.2) is 34.2 Å². The van der Waals surface area contributed by atoms with Gasteiger partial charge in [-0.25, -0.2) is 9.89 Å². The molecular weight excluding hydrogens is 302 g/mol. The summed E-state index contributed by atoms with van der Waals surface area (Å²) >= 11 is 6.93. The molecule has 20 heavy (non-hydrogen) atoms. The van der Waals surface area contributed by atoms with Gasteiger partial charge in [0.05, 0.1) is 11.8 Å². The average molecular weight is 314 g/mol. The molecule has 0 aliphatic rings. The quantitative estimate of drug-likeness (QED) is 0.824. The van der Waals surface area contributed by atoms with Crippen LogP contribution in [0.25, 0.3) is 0 Å². The van der Waals surface area contributed by atoms with Crippen LogP contribution in [0.2, 0.25) is 5.02 Å². The molecule has 0 radical (unpaired) electrons. The van der Waals surface area contributed by atoms with E-state index in [4.69, 9.17) is 16.7 Å². The molecule has 2 rings (SSSR count). The van der Waals surface area contributed by atoms with Crippen LogP contribution in [0.5, 0.6) is 0 Å². The predicted molar refractivity (Wildman–Crippen MR) is 76.5 cm³/mol. The van der Waals surface area contributed by atoms with Gasteiger partial charge in [0, 0.05) is 5.02 Å². The van der Waals surface area contributed by atoms with Crippen molar-refractivity contribution in [1.82, 2.24) is 14.8 Å². The highest BCUT2D eigenvalue weighted by Gasteiger charge is 2.17. The van der Waals surface area contributed by atoms with Crippen LogP contribution in [-0.2, 0) is 4.79 Å². The van der Waals surface area contributed by atoms with E-state index >= 15 is 0 Å². The van der Waals surface area contributed by atoms with Crippen LogP contribution < -0.4 is 5.69 Å². The summed E-state index contributed by atoms with van der Waals surface area (Å²) < 4.78 is 1.42. The molecule has 2 aromatic rings. The summed E-state index contributed by atoms with van der Waals surface area (Å²) in [7, 11) is 0. The number of carboxylic acids is 1. The second-order valence-corrected chi connectivity index (χ2v) is 5.47. The lowest BCUT2D eigenvalue weighted by atomic mass is 10.1. The number of halogens is 1. The fourth-order valence-electron chi connectivity index (χ4n) is 1.78. The first-order valence-corrected chi connectivity index (χ1v) is 7.12. The van der Waals surface area contributed by atoms with Crippen LogP contribution >= 0.6 is 23.4 Å². The number of H-pyrrole nitrogens is 1. The molecule has 1 heterocycles. The highest BCUT2D eigenvalue weighted by molar-refractivity contribution is 7.99. The van der Waals surface area contributed by atoms with E-state index in [2.05, 4.69) is 10.2 Å². The number of aromatic nitrogens is 3. The summed E-state index contributed by atoms with van der Waals surface area (Å²) in [4.78, 5) is 22.4. The highest BCUT2D eigenvalue weighted by Crippen LogP contribution is 2.24. The van der Waals surface area contributed by atoms with Gasteiger partial charge in [-0.15, -0.1) is 5.10 Å². The van der Waals surface area contributed by atoms with Crippen molar-refractivity contribution >= 4 is 29.3 Å². The molecule has 0 amide bonds. The van der Waals surface area contributed by atoms with Crippen molar-refractivity contribution in [3.05, 3.63) is 45.3 Å². The molecule has 1 atom stereocenters. The van der Waals surface area contributed by atoms with Crippen LogP contribution in [-0.4, -0.2) is 31.6 Å². The minimum Gasteiger partial charge on any atom is -0.481 e. The van der Waals surface area contributed by atoms with Crippen LogP contribution in [0.1, 0.15) is 18.5 Å². The Hall–Kier alpha value is -1.73. The minimum atomic E-state index is -0.965. The van der Waals surface area contributed by atoms with Gasteiger partial charge in [-0.05, 0) is 24.6 Å². The van der Waals surface area contributed by atoms with E-state index < -0.39 is 5.97 Å². The number of aliphatic carboxylic acids is 1. The zero-order valence-corrected chi connectivity index (χ0v) is 12.1. The smallest absolute Gasteiger partial charge is 0.344 e. The van der Waals surface area contributed by atoms with E-state index in [0.29, 0.717) is 10.2 Å². The summed E-state index contributed by atoms with van der Waals surface area (Å²) in [5, 5.41) is 15.8. The summed E-state index contributed by atoms with van der Waals surface area (Å²) in [5.74, 6) is -1.13. The van der Waals surface area contributed by atoms with Gasteiger partial charge in [-0.1, -0.05) is 35.5 Å². The van der Waals surface area contributed by atoms with Crippen molar-refractivity contribution < 1.29 is 9.90 Å². The van der Waals surface area contributed by atoms with E-state index in [9.17, 15) is 9.59 Å². The summed E-state index contributed by atoms with van der Waals surface area (Å²) in [5.41, 5.74) is 0.462. The molecule has 0 aliphatic heterocycles. The van der Waals surface area contributed by atoms with Gasteiger partial charge in [-0.3, -0.25) is 9.36 Å². The first-order valence-electron chi connectivity index (χ1n) is 5.76. The monoisotopic (exact) mass is 313 g/mol. The maximum Gasteiger partial charge on any atom is 0.344 e. The standard InChI is InChI=1S/C12H12ClN3O3S/c1-7(8-3-2-4-9(13)5-8)16-11(19)14-15-12(16)20-6-10(17)18/h2-5,7H,6H2,1H3,(H,14,19)(H,17,18). The third kappa shape index (κ3) is 3.23. The molecule has 0 saturated carbocycles. The maximum atomic E-state index is 11.8. The van der Waals surface area contributed by atoms with E-state index in [1.165, 1.54) is 4.57 Å². The van der Waals surface area contributed by atoms with Gasteiger partial charge in [0.25, 0.3) is 0 Å². The number of nitrogens with one attached hydrogen (secondary N) is 1. The Labute approximate surface area is 123 Å². The van der Waals surface area contributed by atoms with Gasteiger partial charge in [-0.2, -0.15) is 0 Å². The number of benzene rings is 1. The SMILES string of the molecule is CC(c1cccc(Cl)c1)n1c(SCC(=O)O)n[nH]c1=O. The van der Waals surface area contributed by atoms with Gasteiger partial charge >= 0.3 is 11.7 Å². The molecule has 1 aromatic heterocycles. The molecule has 1 unspecified atom stereocenters. The Morgan fingerprint density at radius 2 is 2.35 bits per heavy atom. The Morgan fingerprint density at radius 1 is 1.60 bits per heavy atom. The lowest BCUT2D eigenvalue weighted by Gasteiger charge is -2.14. The Bertz CT molecular complexity index is 683. The first kappa shape index (κ1) is 14.7. The molecule has 1 aromatic carbocycles. The van der Waals surface area contributed by atoms with E-state index in [-0.39, 0.29) is 17.5 Å². The number of carboxylic acid groups (broad SMARTS) is 1. The lowest BCUT2D eigenvalue weighted by Crippen LogP contribution is -2.22. The number of nitrogens with zero attached hydrogens (tertiary/aromatic N) is 2. The molecule has 0 fully saturated rings. The van der Waals surface area contributed by atoms with E-state index in [0.717, 1.165) is 17.3 Å². The van der Waals surface area contributed by atoms with E-state index in [1.54, 1.807) is 18.2 Å². The van der Waals surface area contributed by atoms with Crippen molar-refractivity contribution in [3.8, 4) is 0 Å². The normalized spacial score (nSPS) is 12.3. The third-order valence-corrected chi connectivity index (χ3v) is 3.89. The lowest BCUT2D eigenvalue weighted by molar-refractivity contribution is -0.133. The van der Waals surface area contributed by atoms with E-state index in [1.807, 2.05) is 13.0 Å². The van der Waals surface area contributed by atoms with Crippen molar-refractivity contribution in [2.75, 3.05) is 5.75 Å². The molecule has 0 bridgehead atoms. The molecule has 0 aliphatic carbocycles. The van der Waals surface area contributed by atoms with Gasteiger partial charge in [0.2, 0.25) is 0 Å². The molecular formula is C12H12ClN3O3S. The summed E-state index contributed by atoms with van der Waals surface area (Å²) in [6.07, 6.45) is 0. The zero-order chi connectivity index (χ0) is 14.7. The van der Waals surface area contributed by atoms with Gasteiger partial charge < -0.3 is 5.11 Å². The van der Waals surface area contributed by atoms with Gasteiger partial charge in [0.15, 0.2) is 5.16 Å². The van der Waals surface area contributed by atoms with Crippen molar-refractivity contribution in [2.45, 2.75) is 18.1 Å². The third-order valence-electron chi connectivity index (χ3n) is 2.72. The molecule has 0 spiro atoms. The molecule has 106 valence electrons. The number of thioether (sulfide) groups is 1. The number of carbonyl (C=O) groups is 1. The number of hydrogen-bond acceptors (Lipinski definition) is 4. The molecule has 8 heteroatoms. The van der Waals surface area contributed by atoms with Crippen LogP contribution in [0.4, 0.5) is 0 Å². The van der Waals surface area contributed by atoms with Crippen LogP contribution in [0.3, 0.4) is 0 Å². The van der Waals surface area contributed by atoms with Gasteiger partial charge in [0.1, 0.15) is 0 Å². The Kier molecular flexibility index (Phi) is 4.51. The molecule has 6 nitrogen and oxygen atoms in total. The zero-order valence-electron chi connectivity index (χ0n) is 10.5. The Morgan fingerprint density at radius 3 is 3.00 bits per heavy atom. The number of rotatable bonds is 5. The Balaban J connectivity index is 2.34. The maximum absolute atomic E-state index is 11.8. The highest BCUT2D eigenvalue weighted by atomic mass is 35.5. The second kappa shape index (κ2) is 6.15. The first-order chi connectivity index (χ1) is 9.49. The fraction of sp³-hybridized carbons (Fsp3) is 0.250. The molecule has 2 N–H and O–H groups in total. The largest absolute Gasteiger partial charge is 0.481 e. The number of aromatic amines is 1.